The van der Waals surface area contributed by atoms with E-state index < -0.39 is 5.97 Å². The largest absolute Gasteiger partial charge is 0.477 e. The van der Waals surface area contributed by atoms with Gasteiger partial charge in [0.1, 0.15) is 5.69 Å². The van der Waals surface area contributed by atoms with E-state index in [9.17, 15) is 4.79 Å². The monoisotopic (exact) mass is 205 g/mol. The number of hydrogen-bond acceptors (Lipinski definition) is 2. The van der Waals surface area contributed by atoms with Crippen LogP contribution in [-0.4, -0.2) is 26.0 Å². The number of nitrogens with one attached hydrogen (secondary N) is 2. The predicted molar refractivity (Wildman–Crippen MR) is 54.8 cm³/mol. The average Bonchev–Trinajstić information content (AvgIpc) is 2.71. The smallest absolute Gasteiger partial charge is 0.352 e. The Bertz CT molecular complexity index is 510. The van der Waals surface area contributed by atoms with Gasteiger partial charge in [-0.3, -0.25) is 0 Å². The Morgan fingerprint density at radius 2 is 2.13 bits per heavy atom. The van der Waals surface area contributed by atoms with Gasteiger partial charge in [0.2, 0.25) is 0 Å². The summed E-state index contributed by atoms with van der Waals surface area (Å²) in [7, 11) is 0. The Morgan fingerprint density at radius 3 is 2.60 bits per heavy atom. The van der Waals surface area contributed by atoms with Crippen LogP contribution in [0.5, 0.6) is 0 Å². The highest BCUT2D eigenvalue weighted by atomic mass is 16.4. The van der Waals surface area contributed by atoms with E-state index in [4.69, 9.17) is 5.11 Å². The number of aromatic amines is 2. The van der Waals surface area contributed by atoms with Crippen LogP contribution in [0.25, 0.3) is 11.5 Å². The molecule has 5 nitrogen and oxygen atoms in total. The van der Waals surface area contributed by atoms with Crippen molar-refractivity contribution in [3.8, 4) is 11.5 Å². The number of aromatic nitrogens is 3. The Balaban J connectivity index is 2.46. The lowest BCUT2D eigenvalue weighted by atomic mass is 10.2. The van der Waals surface area contributed by atoms with Crippen LogP contribution in [0.2, 0.25) is 0 Å². The summed E-state index contributed by atoms with van der Waals surface area (Å²) in [5.41, 5.74) is 2.54. The zero-order chi connectivity index (χ0) is 11.0. The lowest BCUT2D eigenvalue weighted by Crippen LogP contribution is -1.98. The molecule has 0 spiro atoms. The first kappa shape index (κ1) is 9.51. The molecular weight excluding hydrogens is 194 g/mol. The number of hydrogen-bond donors (Lipinski definition) is 3. The van der Waals surface area contributed by atoms with Crippen LogP contribution in [0.3, 0.4) is 0 Å². The maximum absolute atomic E-state index is 10.8. The molecule has 78 valence electrons. The Morgan fingerprint density at radius 1 is 1.40 bits per heavy atom. The molecule has 2 rings (SSSR count). The number of nitrogens with zero attached hydrogens (tertiary/aromatic N) is 1. The minimum absolute atomic E-state index is 0.207. The molecule has 0 bridgehead atoms. The molecule has 0 unspecified atom stereocenters. The molecule has 2 aromatic rings. The standard InChI is InChI=1S/C10H11N3O2/c1-5-3-7(13-8(5)10(14)15)9-11-4-6(2)12-9/h3-4,13H,1-2H3,(H,11,12)(H,14,15). The van der Waals surface area contributed by atoms with Crippen molar-refractivity contribution in [3.63, 3.8) is 0 Å². The first-order valence-electron chi connectivity index (χ1n) is 4.53. The van der Waals surface area contributed by atoms with Gasteiger partial charge in [-0.05, 0) is 25.5 Å². The van der Waals surface area contributed by atoms with Gasteiger partial charge in [0, 0.05) is 11.9 Å². The maximum atomic E-state index is 10.8. The van der Waals surface area contributed by atoms with Crippen LogP contribution in [0.1, 0.15) is 21.7 Å². The molecule has 0 atom stereocenters. The predicted octanol–water partition coefficient (Wildman–Crippen LogP) is 1.72. The highest BCUT2D eigenvalue weighted by molar-refractivity contribution is 5.88. The van der Waals surface area contributed by atoms with E-state index in [1.165, 1.54) is 0 Å². The quantitative estimate of drug-likeness (QED) is 0.698. The number of H-pyrrole nitrogens is 2. The Labute approximate surface area is 86.2 Å². The van der Waals surface area contributed by atoms with Crippen molar-refractivity contribution in [1.29, 1.82) is 0 Å². The third-order valence-corrected chi connectivity index (χ3v) is 2.19. The third kappa shape index (κ3) is 1.63. The highest BCUT2D eigenvalue weighted by Gasteiger charge is 2.13. The van der Waals surface area contributed by atoms with Crippen molar-refractivity contribution >= 4 is 5.97 Å². The first-order chi connectivity index (χ1) is 7.08. The summed E-state index contributed by atoms with van der Waals surface area (Å²) in [6.07, 6.45) is 1.70. The third-order valence-electron chi connectivity index (χ3n) is 2.19. The summed E-state index contributed by atoms with van der Waals surface area (Å²) in [4.78, 5) is 20.8. The van der Waals surface area contributed by atoms with Crippen molar-refractivity contribution in [3.05, 3.63) is 29.2 Å². The fourth-order valence-corrected chi connectivity index (χ4v) is 1.46. The molecule has 5 heteroatoms. The molecule has 0 amide bonds. The normalized spacial score (nSPS) is 10.5. The first-order valence-corrected chi connectivity index (χ1v) is 4.53. The molecule has 0 fully saturated rings. The lowest BCUT2D eigenvalue weighted by molar-refractivity contribution is 0.0690. The number of aromatic carboxylic acids is 1. The van der Waals surface area contributed by atoms with E-state index in [1.807, 2.05) is 6.92 Å². The number of rotatable bonds is 2. The van der Waals surface area contributed by atoms with Crippen LogP contribution in [0, 0.1) is 13.8 Å². The topological polar surface area (TPSA) is 81.8 Å². The molecule has 0 aromatic carbocycles. The number of carboxylic acid groups (broad SMARTS) is 1. The second-order valence-electron chi connectivity index (χ2n) is 3.46. The van der Waals surface area contributed by atoms with Crippen LogP contribution in [0.15, 0.2) is 12.3 Å². The molecule has 0 aliphatic carbocycles. The fourth-order valence-electron chi connectivity index (χ4n) is 1.46. The second kappa shape index (κ2) is 3.27. The van der Waals surface area contributed by atoms with Gasteiger partial charge < -0.3 is 15.1 Å². The zero-order valence-corrected chi connectivity index (χ0v) is 8.46. The molecule has 0 radical (unpaired) electrons. The fraction of sp³-hybridized carbons (Fsp3) is 0.200. The van der Waals surface area contributed by atoms with E-state index in [2.05, 4.69) is 15.0 Å². The van der Waals surface area contributed by atoms with Crippen molar-refractivity contribution in [1.82, 2.24) is 15.0 Å². The van der Waals surface area contributed by atoms with Gasteiger partial charge in [-0.1, -0.05) is 0 Å². The van der Waals surface area contributed by atoms with Crippen molar-refractivity contribution in [2.45, 2.75) is 13.8 Å². The Hall–Kier alpha value is -2.04. The zero-order valence-electron chi connectivity index (χ0n) is 8.46. The van der Waals surface area contributed by atoms with Crippen molar-refractivity contribution < 1.29 is 9.90 Å². The number of imidazole rings is 1. The summed E-state index contributed by atoms with van der Waals surface area (Å²) in [5, 5.41) is 8.87. The van der Waals surface area contributed by atoms with E-state index in [0.29, 0.717) is 17.1 Å². The number of carboxylic acids is 1. The van der Waals surface area contributed by atoms with Gasteiger partial charge in [0.05, 0.1) is 5.69 Å². The SMILES string of the molecule is Cc1cnc(-c2cc(C)c(C(=O)O)[nH]2)[nH]1. The molecule has 3 N–H and O–H groups in total. The highest BCUT2D eigenvalue weighted by Crippen LogP contribution is 2.18. The lowest BCUT2D eigenvalue weighted by Gasteiger charge is -1.91. The summed E-state index contributed by atoms with van der Waals surface area (Å²) in [6, 6.07) is 1.77. The summed E-state index contributed by atoms with van der Waals surface area (Å²) in [6.45, 7) is 3.64. The van der Waals surface area contributed by atoms with Gasteiger partial charge in [-0.25, -0.2) is 9.78 Å². The van der Waals surface area contributed by atoms with Gasteiger partial charge in [0.25, 0.3) is 0 Å². The molecule has 0 aliphatic heterocycles. The summed E-state index contributed by atoms with van der Waals surface area (Å²) < 4.78 is 0. The van der Waals surface area contributed by atoms with Crippen LogP contribution in [-0.2, 0) is 0 Å². The maximum Gasteiger partial charge on any atom is 0.352 e. The van der Waals surface area contributed by atoms with Gasteiger partial charge in [-0.15, -0.1) is 0 Å². The molecule has 0 aliphatic rings. The number of aryl methyl sites for hydroxylation is 2. The van der Waals surface area contributed by atoms with Crippen molar-refractivity contribution in [2.75, 3.05) is 0 Å². The van der Waals surface area contributed by atoms with Gasteiger partial charge in [0.15, 0.2) is 5.82 Å². The second-order valence-corrected chi connectivity index (χ2v) is 3.46. The molecule has 2 heterocycles. The van der Waals surface area contributed by atoms with E-state index in [0.717, 1.165) is 5.69 Å². The van der Waals surface area contributed by atoms with E-state index in [-0.39, 0.29) is 5.69 Å². The van der Waals surface area contributed by atoms with Crippen LogP contribution >= 0.6 is 0 Å². The minimum Gasteiger partial charge on any atom is -0.477 e. The van der Waals surface area contributed by atoms with Gasteiger partial charge in [-0.2, -0.15) is 0 Å². The summed E-state index contributed by atoms with van der Waals surface area (Å²) >= 11 is 0. The Kier molecular flexibility index (Phi) is 2.07. The number of carbonyl (C=O) groups is 1. The summed E-state index contributed by atoms with van der Waals surface area (Å²) in [5.74, 6) is -0.301. The van der Waals surface area contributed by atoms with Crippen molar-refractivity contribution in [2.24, 2.45) is 0 Å². The molecule has 15 heavy (non-hydrogen) atoms. The van der Waals surface area contributed by atoms with E-state index >= 15 is 0 Å². The van der Waals surface area contributed by atoms with Crippen LogP contribution < -0.4 is 0 Å². The molecule has 2 aromatic heterocycles. The molecular formula is C10H11N3O2. The minimum atomic E-state index is -0.956. The van der Waals surface area contributed by atoms with Gasteiger partial charge >= 0.3 is 5.97 Å². The van der Waals surface area contributed by atoms with E-state index in [1.54, 1.807) is 19.2 Å². The molecule has 0 saturated heterocycles. The van der Waals surface area contributed by atoms with Crippen LogP contribution in [0.4, 0.5) is 0 Å². The molecule has 0 saturated carbocycles. The average molecular weight is 205 g/mol.